The van der Waals surface area contributed by atoms with Crippen LogP contribution < -0.4 is 0 Å². The van der Waals surface area contributed by atoms with Gasteiger partial charge in [0.15, 0.2) is 0 Å². The quantitative estimate of drug-likeness (QED) is 0.927. The second-order valence-corrected chi connectivity index (χ2v) is 6.28. The number of carboxylic acid groups (broad SMARTS) is 1. The highest BCUT2D eigenvalue weighted by molar-refractivity contribution is 6.30. The van der Waals surface area contributed by atoms with Gasteiger partial charge in [-0.05, 0) is 44.9 Å². The number of aromatic nitrogens is 2. The highest BCUT2D eigenvalue weighted by Gasteiger charge is 2.42. The van der Waals surface area contributed by atoms with Crippen LogP contribution in [0.15, 0.2) is 0 Å². The van der Waals surface area contributed by atoms with Crippen molar-refractivity contribution in [2.75, 3.05) is 0 Å². The predicted octanol–water partition coefficient (Wildman–Crippen LogP) is 3.21. The molecule has 4 nitrogen and oxygen atoms in total. The van der Waals surface area contributed by atoms with Gasteiger partial charge in [-0.2, -0.15) is 5.10 Å². The fourth-order valence-corrected chi connectivity index (χ4v) is 3.24. The summed E-state index contributed by atoms with van der Waals surface area (Å²) in [5.41, 5.74) is 1.07. The summed E-state index contributed by atoms with van der Waals surface area (Å²) >= 11 is 6.24. The molecule has 0 aromatic carbocycles. The van der Waals surface area contributed by atoms with Crippen LogP contribution in [0.25, 0.3) is 0 Å². The fourth-order valence-electron chi connectivity index (χ4n) is 2.99. The third kappa shape index (κ3) is 2.64. The SMILES string of the molecule is Cc1nn(C)c(Cl)c1CC1(C(=O)O)CCC(C)CC1. The van der Waals surface area contributed by atoms with Crippen LogP contribution in [0, 0.1) is 18.3 Å². The number of aryl methyl sites for hydroxylation is 2. The minimum absolute atomic E-state index is 0.494. The Hall–Kier alpha value is -1.03. The Balaban J connectivity index is 2.29. The van der Waals surface area contributed by atoms with Gasteiger partial charge in [0, 0.05) is 12.6 Å². The Morgan fingerprint density at radius 3 is 2.53 bits per heavy atom. The van der Waals surface area contributed by atoms with Crippen LogP contribution >= 0.6 is 11.6 Å². The van der Waals surface area contributed by atoms with Gasteiger partial charge in [0.2, 0.25) is 0 Å². The normalized spacial score (nSPS) is 27.5. The van der Waals surface area contributed by atoms with Crippen molar-refractivity contribution in [2.45, 2.75) is 46.0 Å². The Kier molecular flexibility index (Phi) is 3.90. The number of nitrogens with zero attached hydrogens (tertiary/aromatic N) is 2. The highest BCUT2D eigenvalue weighted by Crippen LogP contribution is 2.43. The lowest BCUT2D eigenvalue weighted by Gasteiger charge is -2.35. The van der Waals surface area contributed by atoms with Crippen LogP contribution in [-0.4, -0.2) is 20.9 Å². The summed E-state index contributed by atoms with van der Waals surface area (Å²) in [6, 6.07) is 0. The zero-order chi connectivity index (χ0) is 14.2. The van der Waals surface area contributed by atoms with Gasteiger partial charge in [0.05, 0.1) is 11.1 Å². The molecule has 1 saturated carbocycles. The lowest BCUT2D eigenvalue weighted by molar-refractivity contribution is -0.151. The smallest absolute Gasteiger partial charge is 0.309 e. The van der Waals surface area contributed by atoms with E-state index in [0.717, 1.165) is 36.9 Å². The van der Waals surface area contributed by atoms with E-state index in [4.69, 9.17) is 11.6 Å². The molecule has 1 aliphatic rings. The minimum atomic E-state index is -0.696. The molecule has 106 valence electrons. The number of rotatable bonds is 3. The summed E-state index contributed by atoms with van der Waals surface area (Å²) in [5.74, 6) is -0.0725. The van der Waals surface area contributed by atoms with E-state index in [1.54, 1.807) is 11.7 Å². The average Bonchev–Trinajstić information content (AvgIpc) is 2.58. The average molecular weight is 285 g/mol. The highest BCUT2D eigenvalue weighted by atomic mass is 35.5. The van der Waals surface area contributed by atoms with Crippen LogP contribution in [0.5, 0.6) is 0 Å². The summed E-state index contributed by atoms with van der Waals surface area (Å²) in [6.45, 7) is 4.08. The molecular formula is C14H21ClN2O2. The Bertz CT molecular complexity index is 488. The van der Waals surface area contributed by atoms with Crippen LogP contribution in [0.1, 0.15) is 43.9 Å². The maximum Gasteiger partial charge on any atom is 0.309 e. The molecule has 5 heteroatoms. The van der Waals surface area contributed by atoms with E-state index in [1.807, 2.05) is 6.92 Å². The number of hydrogen-bond acceptors (Lipinski definition) is 2. The standard InChI is InChI=1S/C14H21ClN2O2/c1-9-4-6-14(7-5-9,13(18)19)8-11-10(2)16-17(3)12(11)15/h9H,4-8H2,1-3H3,(H,18,19). The molecular weight excluding hydrogens is 264 g/mol. The predicted molar refractivity (Wildman–Crippen MR) is 74.4 cm³/mol. The van der Waals surface area contributed by atoms with Crippen molar-refractivity contribution < 1.29 is 9.90 Å². The molecule has 0 amide bonds. The first kappa shape index (κ1) is 14.4. The molecule has 1 fully saturated rings. The summed E-state index contributed by atoms with van der Waals surface area (Å²) in [6.07, 6.45) is 3.91. The zero-order valence-electron chi connectivity index (χ0n) is 11.7. The van der Waals surface area contributed by atoms with Crippen LogP contribution in [-0.2, 0) is 18.3 Å². The molecule has 1 aromatic heterocycles. The first-order chi connectivity index (χ1) is 8.85. The van der Waals surface area contributed by atoms with Crippen molar-refractivity contribution in [1.29, 1.82) is 0 Å². The van der Waals surface area contributed by atoms with E-state index < -0.39 is 11.4 Å². The Labute approximate surface area is 118 Å². The summed E-state index contributed by atoms with van der Waals surface area (Å²) in [5, 5.41) is 14.5. The first-order valence-electron chi connectivity index (χ1n) is 6.77. The molecule has 0 atom stereocenters. The topological polar surface area (TPSA) is 55.1 Å². The van der Waals surface area contributed by atoms with Gasteiger partial charge in [-0.3, -0.25) is 9.48 Å². The van der Waals surface area contributed by atoms with E-state index in [1.165, 1.54) is 0 Å². The van der Waals surface area contributed by atoms with Gasteiger partial charge in [0.25, 0.3) is 0 Å². The molecule has 0 radical (unpaired) electrons. The first-order valence-corrected chi connectivity index (χ1v) is 7.15. The summed E-state index contributed by atoms with van der Waals surface area (Å²) in [7, 11) is 1.79. The molecule has 0 aliphatic heterocycles. The number of carbonyl (C=O) groups is 1. The van der Waals surface area contributed by atoms with Gasteiger partial charge >= 0.3 is 5.97 Å². The lowest BCUT2D eigenvalue weighted by atomic mass is 9.68. The van der Waals surface area contributed by atoms with Crippen molar-refractivity contribution in [3.63, 3.8) is 0 Å². The molecule has 1 heterocycles. The molecule has 0 saturated heterocycles. The zero-order valence-corrected chi connectivity index (χ0v) is 12.5. The molecule has 19 heavy (non-hydrogen) atoms. The maximum absolute atomic E-state index is 11.7. The van der Waals surface area contributed by atoms with Gasteiger partial charge in [-0.25, -0.2) is 0 Å². The number of carboxylic acids is 1. The Morgan fingerprint density at radius 2 is 2.11 bits per heavy atom. The van der Waals surface area contributed by atoms with Gasteiger partial charge in [-0.15, -0.1) is 0 Å². The third-order valence-corrected chi connectivity index (χ3v) is 4.94. The van der Waals surface area contributed by atoms with Crippen molar-refractivity contribution in [3.8, 4) is 0 Å². The van der Waals surface area contributed by atoms with Crippen LogP contribution in [0.2, 0.25) is 5.15 Å². The third-order valence-electron chi connectivity index (χ3n) is 4.47. The van der Waals surface area contributed by atoms with Gasteiger partial charge in [-0.1, -0.05) is 18.5 Å². The molecule has 2 rings (SSSR count). The molecule has 0 bridgehead atoms. The monoisotopic (exact) mass is 284 g/mol. The minimum Gasteiger partial charge on any atom is -0.481 e. The van der Waals surface area contributed by atoms with Crippen LogP contribution in [0.4, 0.5) is 0 Å². The Morgan fingerprint density at radius 1 is 1.53 bits per heavy atom. The van der Waals surface area contributed by atoms with E-state index in [-0.39, 0.29) is 0 Å². The van der Waals surface area contributed by atoms with Crippen LogP contribution in [0.3, 0.4) is 0 Å². The maximum atomic E-state index is 11.7. The second-order valence-electron chi connectivity index (χ2n) is 5.92. The summed E-state index contributed by atoms with van der Waals surface area (Å²) in [4.78, 5) is 11.7. The van der Waals surface area contributed by atoms with Crippen molar-refractivity contribution in [1.82, 2.24) is 9.78 Å². The molecule has 0 unspecified atom stereocenters. The van der Waals surface area contributed by atoms with E-state index in [9.17, 15) is 9.90 Å². The van der Waals surface area contributed by atoms with Gasteiger partial charge < -0.3 is 5.11 Å². The lowest BCUT2D eigenvalue weighted by Crippen LogP contribution is -2.37. The fraction of sp³-hybridized carbons (Fsp3) is 0.714. The van der Waals surface area contributed by atoms with E-state index in [0.29, 0.717) is 17.5 Å². The molecule has 1 aromatic rings. The summed E-state index contributed by atoms with van der Waals surface area (Å²) < 4.78 is 1.62. The number of aliphatic carboxylic acids is 1. The molecule has 1 aliphatic carbocycles. The number of halogens is 1. The van der Waals surface area contributed by atoms with Gasteiger partial charge in [0.1, 0.15) is 5.15 Å². The van der Waals surface area contributed by atoms with E-state index >= 15 is 0 Å². The van der Waals surface area contributed by atoms with Crippen molar-refractivity contribution in [2.24, 2.45) is 18.4 Å². The largest absolute Gasteiger partial charge is 0.481 e. The van der Waals surface area contributed by atoms with E-state index in [2.05, 4.69) is 12.0 Å². The molecule has 1 N–H and O–H groups in total. The number of hydrogen-bond donors (Lipinski definition) is 1. The van der Waals surface area contributed by atoms with Crippen molar-refractivity contribution >= 4 is 17.6 Å². The van der Waals surface area contributed by atoms with Crippen molar-refractivity contribution in [3.05, 3.63) is 16.4 Å². The molecule has 0 spiro atoms. The second kappa shape index (κ2) is 5.16.